The lowest BCUT2D eigenvalue weighted by molar-refractivity contribution is -0.167. The minimum atomic E-state index is -0.759. The maximum absolute atomic E-state index is 12.8. The third kappa shape index (κ3) is 47.3. The molecule has 0 fully saturated rings. The van der Waals surface area contributed by atoms with E-state index in [1.165, 1.54) is 205 Å². The van der Waals surface area contributed by atoms with E-state index in [9.17, 15) is 14.4 Å². The molecule has 0 aromatic carbocycles. The van der Waals surface area contributed by atoms with Crippen molar-refractivity contribution in [1.82, 2.24) is 0 Å². The van der Waals surface area contributed by atoms with Gasteiger partial charge in [-0.1, -0.05) is 265 Å². The van der Waals surface area contributed by atoms with Gasteiger partial charge in [0.05, 0.1) is 0 Å². The first-order valence-corrected chi connectivity index (χ1v) is 26.5. The van der Waals surface area contributed by atoms with Crippen LogP contribution >= 0.6 is 0 Å². The SMILES string of the molecule is CCCCCCCCCCCCCCCCCCCC(=O)OCC(COC(=O)CCCCCCCCCCCCC)OC(=O)CCCCCCCCCCCCCCC. The van der Waals surface area contributed by atoms with Crippen LogP contribution < -0.4 is 0 Å². The summed E-state index contributed by atoms with van der Waals surface area (Å²) in [6, 6.07) is 0. The molecule has 1 unspecified atom stereocenters. The Balaban J connectivity index is 4.27. The summed E-state index contributed by atoms with van der Waals surface area (Å²) in [5.41, 5.74) is 0. The molecule has 59 heavy (non-hydrogen) atoms. The molecule has 0 amide bonds. The van der Waals surface area contributed by atoms with Gasteiger partial charge in [-0.05, 0) is 19.3 Å². The first-order valence-electron chi connectivity index (χ1n) is 26.5. The van der Waals surface area contributed by atoms with Crippen LogP contribution in [0, 0.1) is 0 Å². The van der Waals surface area contributed by atoms with E-state index >= 15 is 0 Å². The number of ether oxygens (including phenoxy) is 3. The normalized spacial score (nSPS) is 11.8. The number of hydrogen-bond acceptors (Lipinski definition) is 6. The number of carbonyl (C=O) groups is 3. The molecule has 350 valence electrons. The molecule has 0 rings (SSSR count). The smallest absolute Gasteiger partial charge is 0.306 e. The summed E-state index contributed by atoms with van der Waals surface area (Å²) in [7, 11) is 0. The van der Waals surface area contributed by atoms with E-state index in [-0.39, 0.29) is 31.1 Å². The van der Waals surface area contributed by atoms with Crippen LogP contribution in [0.25, 0.3) is 0 Å². The maximum Gasteiger partial charge on any atom is 0.306 e. The largest absolute Gasteiger partial charge is 0.462 e. The van der Waals surface area contributed by atoms with Gasteiger partial charge >= 0.3 is 17.9 Å². The number of carbonyl (C=O) groups excluding carboxylic acids is 3. The van der Waals surface area contributed by atoms with Crippen LogP contribution in [0.2, 0.25) is 0 Å². The molecule has 0 aliphatic heterocycles. The lowest BCUT2D eigenvalue weighted by Gasteiger charge is -2.18. The molecule has 1 atom stereocenters. The van der Waals surface area contributed by atoms with Gasteiger partial charge in [-0.2, -0.15) is 0 Å². The quantitative estimate of drug-likeness (QED) is 0.0345. The van der Waals surface area contributed by atoms with E-state index in [0.29, 0.717) is 19.3 Å². The summed E-state index contributed by atoms with van der Waals surface area (Å²) in [5.74, 6) is -0.840. The molecule has 0 aromatic heterocycles. The summed E-state index contributed by atoms with van der Waals surface area (Å²) in [5, 5.41) is 0. The zero-order valence-electron chi connectivity index (χ0n) is 40.1. The number of rotatable bonds is 49. The van der Waals surface area contributed by atoms with Crippen molar-refractivity contribution in [3.63, 3.8) is 0 Å². The molecule has 0 aliphatic carbocycles. The van der Waals surface area contributed by atoms with Gasteiger partial charge in [0, 0.05) is 19.3 Å². The van der Waals surface area contributed by atoms with Crippen LogP contribution in [0.15, 0.2) is 0 Å². The molecular formula is C53H102O6. The van der Waals surface area contributed by atoms with Crippen LogP contribution in [-0.4, -0.2) is 37.2 Å². The van der Waals surface area contributed by atoms with Crippen molar-refractivity contribution in [3.8, 4) is 0 Å². The van der Waals surface area contributed by atoms with Gasteiger partial charge in [-0.3, -0.25) is 14.4 Å². The number of unbranched alkanes of at least 4 members (excludes halogenated alkanes) is 38. The van der Waals surface area contributed by atoms with Gasteiger partial charge in [-0.25, -0.2) is 0 Å². The third-order valence-electron chi connectivity index (χ3n) is 12.1. The van der Waals surface area contributed by atoms with E-state index in [1.54, 1.807) is 0 Å². The van der Waals surface area contributed by atoms with Crippen LogP contribution in [-0.2, 0) is 28.6 Å². The predicted molar refractivity (Wildman–Crippen MR) is 252 cm³/mol. The first-order chi connectivity index (χ1) is 29.0. The highest BCUT2D eigenvalue weighted by Gasteiger charge is 2.19. The van der Waals surface area contributed by atoms with Crippen molar-refractivity contribution in [2.45, 2.75) is 309 Å². The topological polar surface area (TPSA) is 78.9 Å². The molecule has 0 aliphatic rings. The highest BCUT2D eigenvalue weighted by molar-refractivity contribution is 5.71. The molecule has 0 saturated heterocycles. The molecule has 0 N–H and O–H groups in total. The van der Waals surface area contributed by atoms with Crippen LogP contribution in [0.3, 0.4) is 0 Å². The molecule has 0 heterocycles. The van der Waals surface area contributed by atoms with E-state index < -0.39 is 6.10 Å². The Kier molecular flexibility index (Phi) is 47.7. The van der Waals surface area contributed by atoms with Crippen molar-refractivity contribution in [3.05, 3.63) is 0 Å². The van der Waals surface area contributed by atoms with Crippen molar-refractivity contribution < 1.29 is 28.6 Å². The number of hydrogen-bond donors (Lipinski definition) is 0. The van der Waals surface area contributed by atoms with Gasteiger partial charge in [0.1, 0.15) is 13.2 Å². The summed E-state index contributed by atoms with van der Waals surface area (Å²) >= 11 is 0. The standard InChI is InChI=1S/C53H102O6/c1-4-7-10-13-16-19-22-24-25-26-27-29-31-34-37-40-43-46-52(55)58-49-50(48-57-51(54)45-42-39-36-33-30-21-18-15-12-9-6-3)59-53(56)47-44-41-38-35-32-28-23-20-17-14-11-8-5-2/h50H,4-49H2,1-3H3. The molecule has 0 aromatic rings. The third-order valence-corrected chi connectivity index (χ3v) is 12.1. The maximum atomic E-state index is 12.8. The predicted octanol–water partition coefficient (Wildman–Crippen LogP) is 17.2. The molecule has 6 nitrogen and oxygen atoms in total. The van der Waals surface area contributed by atoms with Crippen LogP contribution in [0.1, 0.15) is 303 Å². The Morgan fingerprint density at radius 2 is 0.458 bits per heavy atom. The second-order valence-electron chi connectivity index (χ2n) is 18.2. The van der Waals surface area contributed by atoms with Gasteiger partial charge < -0.3 is 14.2 Å². The lowest BCUT2D eigenvalue weighted by Crippen LogP contribution is -2.30. The fraction of sp³-hybridized carbons (Fsp3) is 0.943. The van der Waals surface area contributed by atoms with E-state index in [4.69, 9.17) is 14.2 Å². The van der Waals surface area contributed by atoms with Crippen molar-refractivity contribution in [2.24, 2.45) is 0 Å². The molecule has 0 bridgehead atoms. The Morgan fingerprint density at radius 1 is 0.271 bits per heavy atom. The Morgan fingerprint density at radius 3 is 0.678 bits per heavy atom. The average Bonchev–Trinajstić information content (AvgIpc) is 3.23. The van der Waals surface area contributed by atoms with Crippen LogP contribution in [0.4, 0.5) is 0 Å². The second kappa shape index (κ2) is 49.1. The lowest BCUT2D eigenvalue weighted by atomic mass is 10.0. The fourth-order valence-corrected chi connectivity index (χ4v) is 8.09. The Hall–Kier alpha value is -1.59. The fourth-order valence-electron chi connectivity index (χ4n) is 8.09. The first kappa shape index (κ1) is 57.4. The molecular weight excluding hydrogens is 733 g/mol. The summed E-state index contributed by atoms with van der Waals surface area (Å²) in [6.45, 7) is 6.68. The number of esters is 3. The molecule has 0 spiro atoms. The van der Waals surface area contributed by atoms with Gasteiger partial charge in [0.25, 0.3) is 0 Å². The van der Waals surface area contributed by atoms with Crippen molar-refractivity contribution in [1.29, 1.82) is 0 Å². The minimum absolute atomic E-state index is 0.0616. The summed E-state index contributed by atoms with van der Waals surface area (Å²) in [6.07, 6.45) is 52.3. The highest BCUT2D eigenvalue weighted by atomic mass is 16.6. The average molecular weight is 835 g/mol. The Labute approximate surface area is 368 Å². The summed E-state index contributed by atoms with van der Waals surface area (Å²) < 4.78 is 16.8. The monoisotopic (exact) mass is 835 g/mol. The van der Waals surface area contributed by atoms with E-state index in [0.717, 1.165) is 57.8 Å². The van der Waals surface area contributed by atoms with Gasteiger partial charge in [-0.15, -0.1) is 0 Å². The van der Waals surface area contributed by atoms with Crippen molar-refractivity contribution in [2.75, 3.05) is 13.2 Å². The minimum Gasteiger partial charge on any atom is -0.462 e. The summed E-state index contributed by atoms with van der Waals surface area (Å²) in [4.78, 5) is 37.9. The Bertz CT molecular complexity index is 874. The highest BCUT2D eigenvalue weighted by Crippen LogP contribution is 2.17. The molecule has 6 heteroatoms. The van der Waals surface area contributed by atoms with Crippen molar-refractivity contribution >= 4 is 17.9 Å². The van der Waals surface area contributed by atoms with E-state index in [1.807, 2.05) is 0 Å². The van der Waals surface area contributed by atoms with Gasteiger partial charge in [0.15, 0.2) is 6.10 Å². The molecule has 0 saturated carbocycles. The molecule has 0 radical (unpaired) electrons. The zero-order valence-corrected chi connectivity index (χ0v) is 40.1. The second-order valence-corrected chi connectivity index (χ2v) is 18.2. The zero-order chi connectivity index (χ0) is 43.0. The van der Waals surface area contributed by atoms with Gasteiger partial charge in [0.2, 0.25) is 0 Å². The van der Waals surface area contributed by atoms with E-state index in [2.05, 4.69) is 20.8 Å². The van der Waals surface area contributed by atoms with Crippen LogP contribution in [0.5, 0.6) is 0 Å².